The topological polar surface area (TPSA) is 90.1 Å². The van der Waals surface area contributed by atoms with Gasteiger partial charge >= 0.3 is 0 Å². The van der Waals surface area contributed by atoms with Gasteiger partial charge in [0, 0.05) is 12.7 Å². The predicted molar refractivity (Wildman–Crippen MR) is 85.8 cm³/mol. The predicted octanol–water partition coefficient (Wildman–Crippen LogP) is 0.374. The fourth-order valence-corrected chi connectivity index (χ4v) is 3.43. The van der Waals surface area contributed by atoms with Crippen LogP contribution in [0.1, 0.15) is 43.6 Å². The SMILES string of the molecule is O=C(CN1CCC(c2cn[nH]c2)CC1)N[C@H]1CCCCNC1=O. The van der Waals surface area contributed by atoms with Gasteiger partial charge in [0.1, 0.15) is 6.04 Å². The van der Waals surface area contributed by atoms with E-state index in [-0.39, 0.29) is 17.9 Å². The second kappa shape index (κ2) is 7.59. The molecule has 7 heteroatoms. The summed E-state index contributed by atoms with van der Waals surface area (Å²) in [4.78, 5) is 26.2. The number of amides is 2. The summed E-state index contributed by atoms with van der Waals surface area (Å²) in [6.07, 6.45) is 8.61. The third-order valence-corrected chi connectivity index (χ3v) is 4.82. The number of hydrogen-bond acceptors (Lipinski definition) is 4. The highest BCUT2D eigenvalue weighted by atomic mass is 16.2. The van der Waals surface area contributed by atoms with Gasteiger partial charge in [0.25, 0.3) is 0 Å². The lowest BCUT2D eigenvalue weighted by Crippen LogP contribution is -2.49. The Labute approximate surface area is 136 Å². The molecule has 1 aromatic heterocycles. The minimum atomic E-state index is -0.367. The summed E-state index contributed by atoms with van der Waals surface area (Å²) in [5, 5.41) is 12.6. The Bertz CT molecular complexity index is 523. The molecule has 0 aliphatic carbocycles. The highest BCUT2D eigenvalue weighted by Gasteiger charge is 2.25. The molecule has 0 saturated carbocycles. The minimum Gasteiger partial charge on any atom is -0.354 e. The number of likely N-dealkylation sites (tertiary alicyclic amines) is 1. The number of carbonyl (C=O) groups is 2. The number of nitrogens with zero attached hydrogens (tertiary/aromatic N) is 2. The lowest BCUT2D eigenvalue weighted by atomic mass is 9.91. The van der Waals surface area contributed by atoms with E-state index in [0.717, 1.165) is 45.2 Å². The molecule has 2 amide bonds. The van der Waals surface area contributed by atoms with E-state index in [1.54, 1.807) is 0 Å². The summed E-state index contributed by atoms with van der Waals surface area (Å²) in [5.74, 6) is 0.434. The molecule has 2 aliphatic heterocycles. The van der Waals surface area contributed by atoms with E-state index < -0.39 is 0 Å². The molecule has 0 spiro atoms. The van der Waals surface area contributed by atoms with E-state index in [9.17, 15) is 9.59 Å². The van der Waals surface area contributed by atoms with E-state index in [2.05, 4.69) is 25.7 Å². The van der Waals surface area contributed by atoms with Gasteiger partial charge in [-0.1, -0.05) is 0 Å². The molecule has 3 N–H and O–H groups in total. The first kappa shape index (κ1) is 16.0. The van der Waals surface area contributed by atoms with Crippen LogP contribution in [0.5, 0.6) is 0 Å². The smallest absolute Gasteiger partial charge is 0.242 e. The van der Waals surface area contributed by atoms with Crippen molar-refractivity contribution in [3.05, 3.63) is 18.0 Å². The highest BCUT2D eigenvalue weighted by Crippen LogP contribution is 2.26. The van der Waals surface area contributed by atoms with Crippen LogP contribution >= 0.6 is 0 Å². The van der Waals surface area contributed by atoms with E-state index in [1.807, 2.05) is 12.4 Å². The average molecular weight is 319 g/mol. The molecular formula is C16H25N5O2. The Morgan fingerprint density at radius 2 is 2.13 bits per heavy atom. The molecule has 2 saturated heterocycles. The maximum atomic E-state index is 12.2. The van der Waals surface area contributed by atoms with Gasteiger partial charge in [-0.15, -0.1) is 0 Å². The van der Waals surface area contributed by atoms with E-state index in [4.69, 9.17) is 0 Å². The fraction of sp³-hybridized carbons (Fsp3) is 0.688. The Morgan fingerprint density at radius 3 is 2.87 bits per heavy atom. The number of nitrogens with one attached hydrogen (secondary N) is 3. The lowest BCUT2D eigenvalue weighted by molar-refractivity contribution is -0.129. The molecule has 2 aliphatic rings. The van der Waals surface area contributed by atoms with Gasteiger partial charge in [-0.05, 0) is 56.7 Å². The molecule has 3 rings (SSSR count). The van der Waals surface area contributed by atoms with Gasteiger partial charge in [0.05, 0.1) is 12.7 Å². The zero-order chi connectivity index (χ0) is 16.1. The Morgan fingerprint density at radius 1 is 1.30 bits per heavy atom. The zero-order valence-electron chi connectivity index (χ0n) is 13.4. The quantitative estimate of drug-likeness (QED) is 0.748. The third-order valence-electron chi connectivity index (χ3n) is 4.82. The Kier molecular flexibility index (Phi) is 5.27. The van der Waals surface area contributed by atoms with E-state index in [0.29, 0.717) is 19.0 Å². The molecule has 126 valence electrons. The maximum Gasteiger partial charge on any atom is 0.242 e. The highest BCUT2D eigenvalue weighted by molar-refractivity contribution is 5.88. The van der Waals surface area contributed by atoms with Crippen molar-refractivity contribution < 1.29 is 9.59 Å². The van der Waals surface area contributed by atoms with Gasteiger partial charge in [-0.3, -0.25) is 19.6 Å². The minimum absolute atomic E-state index is 0.0467. The molecule has 1 aromatic rings. The van der Waals surface area contributed by atoms with Crippen molar-refractivity contribution >= 4 is 11.8 Å². The molecule has 0 unspecified atom stereocenters. The van der Waals surface area contributed by atoms with E-state index in [1.165, 1.54) is 5.56 Å². The molecule has 3 heterocycles. The summed E-state index contributed by atoms with van der Waals surface area (Å²) in [7, 11) is 0. The number of piperidine rings is 1. The standard InChI is InChI=1S/C16H25N5O2/c22-15(20-14-3-1-2-6-17-16(14)23)11-21-7-4-12(5-8-21)13-9-18-19-10-13/h9-10,12,14H,1-8,11H2,(H,17,23)(H,18,19)(H,20,22)/t14-/m0/s1. The van der Waals surface area contributed by atoms with Crippen LogP contribution in [0.3, 0.4) is 0 Å². The number of aromatic amines is 1. The van der Waals surface area contributed by atoms with Crippen LogP contribution < -0.4 is 10.6 Å². The number of rotatable bonds is 4. The largest absolute Gasteiger partial charge is 0.354 e. The van der Waals surface area contributed by atoms with Crippen LogP contribution in [0.2, 0.25) is 0 Å². The van der Waals surface area contributed by atoms with Gasteiger partial charge in [0.15, 0.2) is 0 Å². The second-order valence-corrected chi connectivity index (χ2v) is 6.49. The number of aromatic nitrogens is 2. The van der Waals surface area contributed by atoms with Crippen molar-refractivity contribution in [2.75, 3.05) is 26.2 Å². The van der Waals surface area contributed by atoms with Crippen LogP contribution in [0.4, 0.5) is 0 Å². The van der Waals surface area contributed by atoms with Crippen LogP contribution in [0.15, 0.2) is 12.4 Å². The summed E-state index contributed by atoms with van der Waals surface area (Å²) >= 11 is 0. The molecule has 1 atom stereocenters. The fourth-order valence-electron chi connectivity index (χ4n) is 3.43. The van der Waals surface area contributed by atoms with Crippen LogP contribution in [-0.2, 0) is 9.59 Å². The van der Waals surface area contributed by atoms with Gasteiger partial charge in [0.2, 0.25) is 11.8 Å². The van der Waals surface area contributed by atoms with Crippen molar-refractivity contribution in [1.82, 2.24) is 25.7 Å². The first-order chi connectivity index (χ1) is 11.2. The number of H-pyrrole nitrogens is 1. The van der Waals surface area contributed by atoms with Crippen LogP contribution in [0, 0.1) is 0 Å². The average Bonchev–Trinajstić information content (AvgIpc) is 3.01. The summed E-state index contributed by atoms with van der Waals surface area (Å²) in [6.45, 7) is 2.90. The lowest BCUT2D eigenvalue weighted by Gasteiger charge is -2.31. The van der Waals surface area contributed by atoms with Crippen molar-refractivity contribution in [2.24, 2.45) is 0 Å². The number of hydrogen-bond donors (Lipinski definition) is 3. The first-order valence-electron chi connectivity index (χ1n) is 8.50. The van der Waals surface area contributed by atoms with E-state index >= 15 is 0 Å². The van der Waals surface area contributed by atoms with Crippen LogP contribution in [-0.4, -0.2) is 59.1 Å². The van der Waals surface area contributed by atoms with Crippen LogP contribution in [0.25, 0.3) is 0 Å². The summed E-state index contributed by atoms with van der Waals surface area (Å²) < 4.78 is 0. The molecule has 23 heavy (non-hydrogen) atoms. The van der Waals surface area contributed by atoms with Crippen molar-refractivity contribution in [3.63, 3.8) is 0 Å². The molecule has 0 aromatic carbocycles. The maximum absolute atomic E-state index is 12.2. The Hall–Kier alpha value is -1.89. The zero-order valence-corrected chi connectivity index (χ0v) is 13.4. The number of carbonyl (C=O) groups excluding carboxylic acids is 2. The molecule has 0 radical (unpaired) electrons. The van der Waals surface area contributed by atoms with Crippen molar-refractivity contribution in [1.29, 1.82) is 0 Å². The van der Waals surface area contributed by atoms with Gasteiger partial charge < -0.3 is 10.6 Å². The monoisotopic (exact) mass is 319 g/mol. The first-order valence-corrected chi connectivity index (χ1v) is 8.50. The third kappa shape index (κ3) is 4.31. The normalized spacial score (nSPS) is 24.0. The van der Waals surface area contributed by atoms with Gasteiger partial charge in [-0.2, -0.15) is 5.10 Å². The molecule has 2 fully saturated rings. The molecule has 0 bridgehead atoms. The van der Waals surface area contributed by atoms with Crippen molar-refractivity contribution in [2.45, 2.75) is 44.1 Å². The summed E-state index contributed by atoms with van der Waals surface area (Å²) in [5.41, 5.74) is 1.25. The van der Waals surface area contributed by atoms with Gasteiger partial charge in [-0.25, -0.2) is 0 Å². The van der Waals surface area contributed by atoms with Crippen molar-refractivity contribution in [3.8, 4) is 0 Å². The Balaban J connectivity index is 1.43. The molecule has 7 nitrogen and oxygen atoms in total. The summed E-state index contributed by atoms with van der Waals surface area (Å²) in [6, 6.07) is -0.367. The molecular weight excluding hydrogens is 294 g/mol. The second-order valence-electron chi connectivity index (χ2n) is 6.49.